The van der Waals surface area contributed by atoms with Crippen LogP contribution in [-0.2, 0) is 9.59 Å². The molecule has 2 aromatic rings. The van der Waals surface area contributed by atoms with Crippen LogP contribution in [0.3, 0.4) is 0 Å². The molecule has 1 unspecified atom stereocenters. The molecular weight excluding hydrogens is 284 g/mol. The van der Waals surface area contributed by atoms with E-state index in [1.54, 1.807) is 13.2 Å². The van der Waals surface area contributed by atoms with Crippen LogP contribution >= 0.6 is 0 Å². The van der Waals surface area contributed by atoms with Crippen molar-refractivity contribution in [2.24, 2.45) is 5.73 Å². The summed E-state index contributed by atoms with van der Waals surface area (Å²) in [6.45, 7) is 0. The Bertz CT molecular complexity index is 700. The second-order valence-electron chi connectivity index (χ2n) is 4.93. The Morgan fingerprint density at radius 2 is 2.05 bits per heavy atom. The van der Waals surface area contributed by atoms with Crippen molar-refractivity contribution in [2.75, 3.05) is 12.4 Å². The number of rotatable bonds is 6. The van der Waals surface area contributed by atoms with Gasteiger partial charge in [0, 0.05) is 23.6 Å². The first-order valence-electron chi connectivity index (χ1n) is 6.86. The lowest BCUT2D eigenvalue weighted by Crippen LogP contribution is -2.36. The molecule has 0 saturated carbocycles. The zero-order valence-electron chi connectivity index (χ0n) is 12.2. The molecule has 0 spiro atoms. The van der Waals surface area contributed by atoms with Crippen LogP contribution in [0.5, 0.6) is 5.75 Å². The number of amides is 1. The van der Waals surface area contributed by atoms with Crippen molar-refractivity contribution in [1.82, 2.24) is 0 Å². The molecule has 1 atom stereocenters. The Balaban J connectivity index is 2.17. The van der Waals surface area contributed by atoms with Gasteiger partial charge in [0.2, 0.25) is 5.91 Å². The quantitative estimate of drug-likeness (QED) is 0.757. The maximum atomic E-state index is 12.0. The van der Waals surface area contributed by atoms with Crippen molar-refractivity contribution in [3.8, 4) is 5.75 Å². The summed E-state index contributed by atoms with van der Waals surface area (Å²) in [7, 11) is 1.56. The molecule has 2 rings (SSSR count). The monoisotopic (exact) mass is 302 g/mol. The van der Waals surface area contributed by atoms with Crippen LogP contribution in [-0.4, -0.2) is 30.1 Å². The smallest absolute Gasteiger partial charge is 0.303 e. The number of carbonyl (C=O) groups excluding carboxylic acids is 1. The fourth-order valence-electron chi connectivity index (χ4n) is 2.16. The zero-order chi connectivity index (χ0) is 16.1. The predicted octanol–water partition coefficient (Wildman–Crippen LogP) is 1.98. The third-order valence-corrected chi connectivity index (χ3v) is 3.32. The van der Waals surface area contributed by atoms with Crippen molar-refractivity contribution in [2.45, 2.75) is 18.9 Å². The van der Waals surface area contributed by atoms with E-state index in [9.17, 15) is 9.59 Å². The summed E-state index contributed by atoms with van der Waals surface area (Å²) in [5.41, 5.74) is 6.25. The molecule has 6 nitrogen and oxygen atoms in total. The van der Waals surface area contributed by atoms with E-state index in [0.29, 0.717) is 11.4 Å². The van der Waals surface area contributed by atoms with Gasteiger partial charge in [0.25, 0.3) is 0 Å². The number of carboxylic acid groups (broad SMARTS) is 1. The first kappa shape index (κ1) is 15.8. The predicted molar refractivity (Wildman–Crippen MR) is 84.0 cm³/mol. The number of ether oxygens (including phenoxy) is 1. The summed E-state index contributed by atoms with van der Waals surface area (Å²) in [5, 5.41) is 13.2. The van der Waals surface area contributed by atoms with Gasteiger partial charge >= 0.3 is 5.97 Å². The number of anilines is 1. The van der Waals surface area contributed by atoms with E-state index < -0.39 is 17.9 Å². The molecule has 116 valence electrons. The number of aliphatic carboxylic acids is 1. The first-order valence-corrected chi connectivity index (χ1v) is 6.86. The summed E-state index contributed by atoms with van der Waals surface area (Å²) >= 11 is 0. The van der Waals surface area contributed by atoms with Crippen molar-refractivity contribution in [1.29, 1.82) is 0 Å². The molecule has 0 fully saturated rings. The van der Waals surface area contributed by atoms with Crippen LogP contribution < -0.4 is 15.8 Å². The highest BCUT2D eigenvalue weighted by Crippen LogP contribution is 2.29. The van der Waals surface area contributed by atoms with E-state index in [1.165, 1.54) is 0 Å². The van der Waals surface area contributed by atoms with Gasteiger partial charge < -0.3 is 20.9 Å². The average Bonchev–Trinajstić information content (AvgIpc) is 2.51. The third kappa shape index (κ3) is 3.73. The fraction of sp³-hybridized carbons (Fsp3) is 0.250. The van der Waals surface area contributed by atoms with Gasteiger partial charge in [-0.2, -0.15) is 0 Å². The van der Waals surface area contributed by atoms with E-state index in [0.717, 1.165) is 10.8 Å². The maximum Gasteiger partial charge on any atom is 0.303 e. The number of fused-ring (bicyclic) bond motifs is 1. The minimum atomic E-state index is -0.976. The van der Waals surface area contributed by atoms with Gasteiger partial charge in [0.15, 0.2) is 0 Å². The summed E-state index contributed by atoms with van der Waals surface area (Å²) in [4.78, 5) is 22.5. The number of carboxylic acids is 1. The molecule has 0 bridgehead atoms. The van der Waals surface area contributed by atoms with Crippen LogP contribution in [0.1, 0.15) is 12.8 Å². The first-order chi connectivity index (χ1) is 10.5. The van der Waals surface area contributed by atoms with Gasteiger partial charge in [-0.15, -0.1) is 0 Å². The molecule has 0 aliphatic carbocycles. The van der Waals surface area contributed by atoms with Crippen molar-refractivity contribution >= 4 is 28.3 Å². The lowest BCUT2D eigenvalue weighted by Gasteiger charge is -2.13. The average molecular weight is 302 g/mol. The summed E-state index contributed by atoms with van der Waals surface area (Å²) < 4.78 is 5.33. The number of nitrogens with one attached hydrogen (secondary N) is 1. The van der Waals surface area contributed by atoms with E-state index in [2.05, 4.69) is 5.32 Å². The zero-order valence-corrected chi connectivity index (χ0v) is 12.2. The molecule has 0 saturated heterocycles. The molecule has 0 aromatic heterocycles. The van der Waals surface area contributed by atoms with Crippen LogP contribution in [0, 0.1) is 0 Å². The van der Waals surface area contributed by atoms with E-state index in [4.69, 9.17) is 15.6 Å². The number of hydrogen-bond donors (Lipinski definition) is 3. The second kappa shape index (κ2) is 6.91. The summed E-state index contributed by atoms with van der Waals surface area (Å²) in [5.74, 6) is -0.748. The molecule has 2 aromatic carbocycles. The van der Waals surface area contributed by atoms with Gasteiger partial charge in [0.1, 0.15) is 5.75 Å². The Morgan fingerprint density at radius 3 is 2.73 bits per heavy atom. The molecule has 4 N–H and O–H groups in total. The summed E-state index contributed by atoms with van der Waals surface area (Å²) in [6.07, 6.45) is -0.0541. The lowest BCUT2D eigenvalue weighted by molar-refractivity contribution is -0.137. The van der Waals surface area contributed by atoms with Gasteiger partial charge in [-0.1, -0.05) is 24.3 Å². The van der Waals surface area contributed by atoms with Gasteiger partial charge in [-0.25, -0.2) is 0 Å². The van der Waals surface area contributed by atoms with Crippen LogP contribution in [0.25, 0.3) is 10.8 Å². The third-order valence-electron chi connectivity index (χ3n) is 3.32. The number of carbonyl (C=O) groups is 2. The lowest BCUT2D eigenvalue weighted by atomic mass is 10.1. The largest absolute Gasteiger partial charge is 0.496 e. The van der Waals surface area contributed by atoms with Crippen LogP contribution in [0.2, 0.25) is 0 Å². The minimum Gasteiger partial charge on any atom is -0.496 e. The van der Waals surface area contributed by atoms with E-state index in [-0.39, 0.29) is 12.8 Å². The molecule has 6 heteroatoms. The van der Waals surface area contributed by atoms with Crippen LogP contribution in [0.15, 0.2) is 36.4 Å². The van der Waals surface area contributed by atoms with E-state index in [1.807, 2.05) is 30.3 Å². The molecule has 0 aliphatic rings. The van der Waals surface area contributed by atoms with Crippen molar-refractivity contribution in [3.05, 3.63) is 36.4 Å². The Labute approximate surface area is 127 Å². The normalized spacial score (nSPS) is 11.9. The summed E-state index contributed by atoms with van der Waals surface area (Å²) in [6, 6.07) is 10.3. The number of hydrogen-bond acceptors (Lipinski definition) is 4. The number of methoxy groups -OCH3 is 1. The van der Waals surface area contributed by atoms with Crippen molar-refractivity contribution in [3.63, 3.8) is 0 Å². The molecule has 22 heavy (non-hydrogen) atoms. The van der Waals surface area contributed by atoms with Crippen LogP contribution in [0.4, 0.5) is 5.69 Å². The maximum absolute atomic E-state index is 12.0. The minimum absolute atomic E-state index is 0.0892. The SMILES string of the molecule is COc1cc(NC(=O)C(N)CCC(=O)O)cc2ccccc12. The van der Waals surface area contributed by atoms with Gasteiger partial charge in [0.05, 0.1) is 13.2 Å². The highest BCUT2D eigenvalue weighted by molar-refractivity contribution is 5.99. The fourth-order valence-corrected chi connectivity index (χ4v) is 2.16. The topological polar surface area (TPSA) is 102 Å². The molecule has 0 aliphatic heterocycles. The Morgan fingerprint density at radius 1 is 1.32 bits per heavy atom. The Hall–Kier alpha value is -2.60. The standard InChI is InChI=1S/C16H18N2O4/c1-22-14-9-11(8-10-4-2-3-5-12(10)14)18-16(21)13(17)6-7-15(19)20/h2-5,8-9,13H,6-7,17H2,1H3,(H,18,21)(H,19,20). The highest BCUT2D eigenvalue weighted by atomic mass is 16.5. The number of nitrogens with two attached hydrogens (primary N) is 1. The second-order valence-corrected chi connectivity index (χ2v) is 4.93. The number of benzene rings is 2. The highest BCUT2D eigenvalue weighted by Gasteiger charge is 2.16. The van der Waals surface area contributed by atoms with Gasteiger partial charge in [-0.05, 0) is 17.9 Å². The van der Waals surface area contributed by atoms with Gasteiger partial charge in [-0.3, -0.25) is 9.59 Å². The molecule has 0 heterocycles. The molecular formula is C16H18N2O4. The van der Waals surface area contributed by atoms with E-state index >= 15 is 0 Å². The van der Waals surface area contributed by atoms with Crippen molar-refractivity contribution < 1.29 is 19.4 Å². The molecule has 0 radical (unpaired) electrons. The Kier molecular flexibility index (Phi) is 4.95. The molecule has 1 amide bonds.